The normalized spacial score (nSPS) is 10.2. The second-order valence-electron chi connectivity index (χ2n) is 4.55. The Hall–Kier alpha value is -2.11. The van der Waals surface area contributed by atoms with Gasteiger partial charge in [0.25, 0.3) is 0 Å². The van der Waals surface area contributed by atoms with Crippen molar-refractivity contribution in [2.24, 2.45) is 0 Å². The Bertz CT molecular complexity index is 488. The van der Waals surface area contributed by atoms with E-state index in [4.69, 9.17) is 13.9 Å². The molecule has 0 saturated carbocycles. The molecule has 6 heteroatoms. The highest BCUT2D eigenvalue weighted by Crippen LogP contribution is 2.07. The van der Waals surface area contributed by atoms with Crippen LogP contribution in [0.25, 0.3) is 0 Å². The third kappa shape index (κ3) is 6.74. The highest BCUT2D eigenvalue weighted by molar-refractivity contribution is 5.69. The molecule has 0 radical (unpaired) electrons. The minimum atomic E-state index is -0.347. The molecule has 21 heavy (non-hydrogen) atoms. The maximum Gasteiger partial charge on any atom is 0.306 e. The zero-order chi connectivity index (χ0) is 15.7. The number of rotatable bonds is 8. The second kappa shape index (κ2) is 8.94. The number of carbonyl (C=O) groups is 2. The molecule has 0 N–H and O–H groups in total. The number of hydrogen-bond acceptors (Lipinski definition) is 6. The minimum Gasteiger partial charge on any atom is -0.459 e. The summed E-state index contributed by atoms with van der Waals surface area (Å²) >= 11 is 0. The Morgan fingerprint density at radius 1 is 0.952 bits per heavy atom. The summed E-state index contributed by atoms with van der Waals surface area (Å²) in [5.41, 5.74) is -0.288. The second-order valence-corrected chi connectivity index (χ2v) is 4.55. The van der Waals surface area contributed by atoms with Gasteiger partial charge in [0.15, 0.2) is 5.43 Å². The topological polar surface area (TPSA) is 82.8 Å². The third-order valence-corrected chi connectivity index (χ3v) is 2.53. The van der Waals surface area contributed by atoms with Gasteiger partial charge in [-0.15, -0.1) is 0 Å². The Morgan fingerprint density at radius 2 is 1.38 bits per heavy atom. The van der Waals surface area contributed by atoms with Gasteiger partial charge in [0.2, 0.25) is 0 Å². The number of esters is 2. The lowest BCUT2D eigenvalue weighted by Crippen LogP contribution is -2.09. The number of carbonyl (C=O) groups excluding carboxylic acids is 2. The van der Waals surface area contributed by atoms with E-state index >= 15 is 0 Å². The molecule has 6 nitrogen and oxygen atoms in total. The van der Waals surface area contributed by atoms with Crippen LogP contribution in [0.15, 0.2) is 21.3 Å². The molecule has 0 atom stereocenters. The van der Waals surface area contributed by atoms with Crippen molar-refractivity contribution in [3.63, 3.8) is 0 Å². The van der Waals surface area contributed by atoms with Gasteiger partial charge in [-0.25, -0.2) is 0 Å². The molecule has 0 aromatic carbocycles. The molecule has 1 aromatic heterocycles. The highest BCUT2D eigenvalue weighted by Gasteiger charge is 2.08. The lowest BCUT2D eigenvalue weighted by atomic mass is 10.3. The van der Waals surface area contributed by atoms with Crippen LogP contribution < -0.4 is 5.43 Å². The van der Waals surface area contributed by atoms with Gasteiger partial charge in [-0.05, 0) is 12.8 Å². The summed E-state index contributed by atoms with van der Waals surface area (Å²) in [7, 11) is 0. The Balaban J connectivity index is 2.60. The van der Waals surface area contributed by atoms with E-state index in [-0.39, 0.29) is 42.1 Å². The lowest BCUT2D eigenvalue weighted by molar-refractivity contribution is -0.145. The Kier molecular flexibility index (Phi) is 7.21. The van der Waals surface area contributed by atoms with Crippen LogP contribution in [0.5, 0.6) is 0 Å². The zero-order valence-corrected chi connectivity index (χ0v) is 12.3. The predicted octanol–water partition coefficient (Wildman–Crippen LogP) is 2.33. The summed E-state index contributed by atoms with van der Waals surface area (Å²) in [4.78, 5) is 34.0. The summed E-state index contributed by atoms with van der Waals surface area (Å²) in [6.45, 7) is 3.52. The van der Waals surface area contributed by atoms with E-state index < -0.39 is 0 Å². The van der Waals surface area contributed by atoms with E-state index in [1.165, 1.54) is 12.1 Å². The molecule has 0 spiro atoms. The Morgan fingerprint density at radius 3 is 1.76 bits per heavy atom. The molecular formula is C15H20O6. The molecule has 0 aliphatic heterocycles. The molecule has 0 saturated heterocycles. The monoisotopic (exact) mass is 296 g/mol. The number of ether oxygens (including phenoxy) is 2. The van der Waals surface area contributed by atoms with Crippen LogP contribution in [0.4, 0.5) is 0 Å². The first-order valence-corrected chi connectivity index (χ1v) is 6.99. The van der Waals surface area contributed by atoms with Gasteiger partial charge in [-0.3, -0.25) is 14.4 Å². The Labute approximate surface area is 123 Å². The quantitative estimate of drug-likeness (QED) is 0.685. The molecule has 1 rings (SSSR count). The number of hydrogen-bond donors (Lipinski definition) is 0. The van der Waals surface area contributed by atoms with Crippen molar-refractivity contribution in [3.05, 3.63) is 33.9 Å². The van der Waals surface area contributed by atoms with Crippen molar-refractivity contribution in [2.75, 3.05) is 0 Å². The third-order valence-electron chi connectivity index (χ3n) is 2.53. The average Bonchev–Trinajstić information content (AvgIpc) is 2.43. The molecule has 0 aliphatic carbocycles. The van der Waals surface area contributed by atoms with Gasteiger partial charge in [0, 0.05) is 25.0 Å². The summed E-state index contributed by atoms with van der Waals surface area (Å²) in [6.07, 6.45) is 2.02. The van der Waals surface area contributed by atoms with Crippen molar-refractivity contribution < 1.29 is 23.5 Å². The largest absolute Gasteiger partial charge is 0.459 e. The standard InChI is InChI=1S/C15H20O6/c1-3-5-14(17)19-9-12-7-11(16)8-13(21-12)10-20-15(18)6-4-2/h7-8H,3-6,9-10H2,1-2H3. The maximum atomic E-state index is 11.5. The van der Waals surface area contributed by atoms with Crippen LogP contribution in [0, 0.1) is 0 Å². The average molecular weight is 296 g/mol. The van der Waals surface area contributed by atoms with Crippen molar-refractivity contribution >= 4 is 11.9 Å². The molecule has 0 fully saturated rings. The molecule has 1 heterocycles. The van der Waals surface area contributed by atoms with E-state index in [2.05, 4.69) is 0 Å². The fourth-order valence-corrected chi connectivity index (χ4v) is 1.58. The minimum absolute atomic E-state index is 0.106. The van der Waals surface area contributed by atoms with E-state index in [1.807, 2.05) is 13.8 Å². The van der Waals surface area contributed by atoms with Crippen molar-refractivity contribution in [1.29, 1.82) is 0 Å². The van der Waals surface area contributed by atoms with E-state index in [1.54, 1.807) is 0 Å². The van der Waals surface area contributed by atoms with Crippen LogP contribution >= 0.6 is 0 Å². The first-order valence-electron chi connectivity index (χ1n) is 6.99. The van der Waals surface area contributed by atoms with Crippen LogP contribution in [0.2, 0.25) is 0 Å². The lowest BCUT2D eigenvalue weighted by Gasteiger charge is -2.06. The van der Waals surface area contributed by atoms with Gasteiger partial charge in [0.05, 0.1) is 0 Å². The highest BCUT2D eigenvalue weighted by atomic mass is 16.5. The van der Waals surface area contributed by atoms with Gasteiger partial charge < -0.3 is 13.9 Å². The van der Waals surface area contributed by atoms with Gasteiger partial charge >= 0.3 is 11.9 Å². The van der Waals surface area contributed by atoms with Gasteiger partial charge in [0.1, 0.15) is 24.7 Å². The first-order chi connectivity index (χ1) is 10.0. The molecule has 0 bridgehead atoms. The van der Waals surface area contributed by atoms with Crippen LogP contribution in [0.3, 0.4) is 0 Å². The van der Waals surface area contributed by atoms with E-state index in [9.17, 15) is 14.4 Å². The molecule has 0 amide bonds. The zero-order valence-electron chi connectivity index (χ0n) is 12.3. The molecule has 0 unspecified atom stereocenters. The summed E-state index contributed by atoms with van der Waals surface area (Å²) in [5.74, 6) is -0.234. The van der Waals surface area contributed by atoms with Gasteiger partial charge in [-0.1, -0.05) is 13.8 Å². The molecule has 1 aromatic rings. The summed E-state index contributed by atoms with van der Waals surface area (Å²) < 4.78 is 15.3. The maximum absolute atomic E-state index is 11.5. The van der Waals surface area contributed by atoms with Crippen molar-refractivity contribution in [2.45, 2.75) is 52.7 Å². The van der Waals surface area contributed by atoms with Gasteiger partial charge in [-0.2, -0.15) is 0 Å². The van der Waals surface area contributed by atoms with Crippen molar-refractivity contribution in [1.82, 2.24) is 0 Å². The fourth-order valence-electron chi connectivity index (χ4n) is 1.58. The van der Waals surface area contributed by atoms with Crippen LogP contribution in [-0.4, -0.2) is 11.9 Å². The summed E-state index contributed by atoms with van der Waals surface area (Å²) in [6, 6.07) is 2.49. The predicted molar refractivity (Wildman–Crippen MR) is 74.4 cm³/mol. The summed E-state index contributed by atoms with van der Waals surface area (Å²) in [5, 5.41) is 0. The van der Waals surface area contributed by atoms with Crippen LogP contribution in [0.1, 0.15) is 51.1 Å². The fraction of sp³-hybridized carbons (Fsp3) is 0.533. The SMILES string of the molecule is CCCC(=O)OCc1cc(=O)cc(COC(=O)CCC)o1. The van der Waals surface area contributed by atoms with E-state index in [0.717, 1.165) is 0 Å². The van der Waals surface area contributed by atoms with E-state index in [0.29, 0.717) is 25.7 Å². The van der Waals surface area contributed by atoms with Crippen molar-refractivity contribution in [3.8, 4) is 0 Å². The smallest absolute Gasteiger partial charge is 0.306 e. The molecular weight excluding hydrogens is 276 g/mol. The van der Waals surface area contributed by atoms with Crippen LogP contribution in [-0.2, 0) is 32.3 Å². The molecule has 116 valence electrons. The molecule has 0 aliphatic rings. The first kappa shape index (κ1) is 16.9.